The van der Waals surface area contributed by atoms with Gasteiger partial charge in [0.15, 0.2) is 11.8 Å². The zero-order chi connectivity index (χ0) is 31.7. The maximum Gasteiger partial charge on any atom is 0.296 e. The number of rotatable bonds is 12. The molecule has 0 aliphatic carbocycles. The molecule has 1 unspecified atom stereocenters. The number of nitrogens with zero attached hydrogens (tertiary/aromatic N) is 2. The Hall–Kier alpha value is -3.21. The van der Waals surface area contributed by atoms with E-state index in [1.54, 1.807) is 6.07 Å². The molecule has 8 atom stereocenters. The van der Waals surface area contributed by atoms with Crippen molar-refractivity contribution in [1.29, 1.82) is 0 Å². The van der Waals surface area contributed by atoms with Crippen molar-refractivity contribution in [2.45, 2.75) is 55.4 Å². The van der Waals surface area contributed by atoms with E-state index < -0.39 is 49.3 Å². The highest BCUT2D eigenvalue weighted by atomic mass is 35.5. The molecule has 0 spiro atoms. The molecule has 2 saturated heterocycles. The maximum absolute atomic E-state index is 10.1. The molecular formula is C31H35ClN4O9. The van der Waals surface area contributed by atoms with Gasteiger partial charge < -0.3 is 55.2 Å². The zero-order valence-electron chi connectivity index (χ0n) is 24.0. The van der Waals surface area contributed by atoms with Gasteiger partial charge in [-0.2, -0.15) is 4.98 Å². The molecule has 8 N–H and O–H groups in total. The van der Waals surface area contributed by atoms with Gasteiger partial charge in [-0.05, 0) is 22.8 Å². The molecule has 0 bridgehead atoms. The van der Waals surface area contributed by atoms with Crippen molar-refractivity contribution in [2.75, 3.05) is 26.4 Å². The number of hydrogen-bond acceptors (Lipinski definition) is 12. The van der Waals surface area contributed by atoms with Crippen molar-refractivity contribution < 1.29 is 44.8 Å². The Morgan fingerprint density at radius 3 is 2.24 bits per heavy atom. The third-order valence-electron chi connectivity index (χ3n) is 8.10. The number of hydrogen-bond donors (Lipinski definition) is 8. The molecule has 240 valence electrons. The van der Waals surface area contributed by atoms with E-state index in [2.05, 4.69) is 20.3 Å². The van der Waals surface area contributed by atoms with Gasteiger partial charge in [-0.1, -0.05) is 60.1 Å². The lowest BCUT2D eigenvalue weighted by Crippen LogP contribution is -2.48. The summed E-state index contributed by atoms with van der Waals surface area (Å²) in [7, 11) is 0. The molecule has 4 heterocycles. The smallest absolute Gasteiger partial charge is 0.296 e. The van der Waals surface area contributed by atoms with Crippen molar-refractivity contribution in [3.05, 3.63) is 65.2 Å². The Labute approximate surface area is 263 Å². The molecule has 45 heavy (non-hydrogen) atoms. The maximum atomic E-state index is 10.1. The van der Waals surface area contributed by atoms with Gasteiger partial charge in [-0.25, -0.2) is 4.98 Å². The molecule has 0 saturated carbocycles. The first kappa shape index (κ1) is 31.8. The van der Waals surface area contributed by atoms with Crippen LogP contribution < -0.4 is 10.1 Å². The number of H-pyrrole nitrogens is 1. The molecular weight excluding hydrogens is 608 g/mol. The molecule has 6 rings (SSSR count). The minimum Gasteiger partial charge on any atom is -0.456 e. The van der Waals surface area contributed by atoms with Crippen molar-refractivity contribution in [3.63, 3.8) is 0 Å². The highest BCUT2D eigenvalue weighted by molar-refractivity contribution is 6.33. The van der Waals surface area contributed by atoms with Gasteiger partial charge in [0.2, 0.25) is 0 Å². The Kier molecular flexibility index (Phi) is 9.63. The van der Waals surface area contributed by atoms with Crippen LogP contribution in [0.15, 0.2) is 54.6 Å². The number of nitrogens with one attached hydrogen (secondary N) is 2. The van der Waals surface area contributed by atoms with Crippen LogP contribution in [0, 0.1) is 0 Å². The number of benzene rings is 2. The monoisotopic (exact) mass is 642 g/mol. The third kappa shape index (κ3) is 6.83. The van der Waals surface area contributed by atoms with Crippen LogP contribution in [0.1, 0.15) is 5.56 Å². The zero-order valence-corrected chi connectivity index (χ0v) is 24.8. The Bertz CT molecular complexity index is 1590. The number of imidazole rings is 1. The van der Waals surface area contributed by atoms with Gasteiger partial charge in [0, 0.05) is 18.7 Å². The molecule has 0 amide bonds. The number of aliphatic hydroxyl groups excluding tert-OH is 6. The standard InChI is InChI=1S/C31H35ClN4O9/c32-19-9-20-30(36-31(34-20)45-24-14-44-28-23(40)13-43-29(24)28)35-25(19)18-7-5-17(6-8-18)16-3-1-15(2-4-16)10-33-11-21(38)26(41)27(42)22(39)12-37/h1-9,21-24,26-29,33,37-42H,10-14H2,(H,34,35,36)/t21-,22+,23+,24+,26+,27+,28?,29+/m0/s1. The fourth-order valence-corrected chi connectivity index (χ4v) is 5.79. The predicted octanol–water partition coefficient (Wildman–Crippen LogP) is 0.377. The molecule has 2 aromatic carbocycles. The van der Waals surface area contributed by atoms with E-state index in [1.165, 1.54) is 0 Å². The number of aliphatic hydroxyl groups is 6. The van der Waals surface area contributed by atoms with E-state index in [1.807, 2.05) is 48.5 Å². The summed E-state index contributed by atoms with van der Waals surface area (Å²) in [5, 5.41) is 61.5. The quantitative estimate of drug-likeness (QED) is 0.106. The number of fused-ring (bicyclic) bond motifs is 2. The Balaban J connectivity index is 1.06. The number of halogens is 1. The number of ether oxygens (including phenoxy) is 3. The lowest BCUT2D eigenvalue weighted by molar-refractivity contribution is -0.114. The lowest BCUT2D eigenvalue weighted by Gasteiger charge is -2.25. The first-order valence-electron chi connectivity index (χ1n) is 14.6. The van der Waals surface area contributed by atoms with Crippen LogP contribution in [-0.2, 0) is 16.0 Å². The fraction of sp³-hybridized carbons (Fsp3) is 0.419. The Morgan fingerprint density at radius 1 is 0.889 bits per heavy atom. The first-order chi connectivity index (χ1) is 21.7. The molecule has 2 aliphatic heterocycles. The fourth-order valence-electron chi connectivity index (χ4n) is 5.53. The summed E-state index contributed by atoms with van der Waals surface area (Å²) in [6, 6.07) is 17.6. The van der Waals surface area contributed by atoms with Crippen LogP contribution >= 0.6 is 11.6 Å². The summed E-state index contributed by atoms with van der Waals surface area (Å²) in [5.41, 5.74) is 5.37. The topological polar surface area (TPSA) is 203 Å². The van der Waals surface area contributed by atoms with E-state index in [0.717, 1.165) is 22.3 Å². The molecule has 2 aliphatic rings. The molecule has 4 aromatic rings. The summed E-state index contributed by atoms with van der Waals surface area (Å²) < 4.78 is 17.2. The van der Waals surface area contributed by atoms with Crippen molar-refractivity contribution in [1.82, 2.24) is 20.3 Å². The normalized spacial score (nSPS) is 24.0. The summed E-state index contributed by atoms with van der Waals surface area (Å²) in [4.78, 5) is 12.2. The van der Waals surface area contributed by atoms with Crippen LogP contribution in [0.5, 0.6) is 6.01 Å². The van der Waals surface area contributed by atoms with Gasteiger partial charge in [-0.3, -0.25) is 0 Å². The first-order valence-corrected chi connectivity index (χ1v) is 15.0. The lowest BCUT2D eigenvalue weighted by atomic mass is 10.0. The molecule has 2 fully saturated rings. The van der Waals surface area contributed by atoms with Crippen molar-refractivity contribution in [2.24, 2.45) is 0 Å². The summed E-state index contributed by atoms with van der Waals surface area (Å²) in [6.07, 6.45) is -7.96. The SMILES string of the molecule is OC[C@@H](O)[C@@H](O)[C@H](O)[C@@H](O)CNCc1ccc(-c2ccc(-c3nc4nc(O[C@@H]5COC6[C@H](O)CO[C@@H]65)[nH]c4cc3Cl)cc2)cc1. The minimum atomic E-state index is -1.66. The van der Waals surface area contributed by atoms with Crippen LogP contribution in [0.4, 0.5) is 0 Å². The number of aromatic nitrogens is 3. The van der Waals surface area contributed by atoms with Crippen LogP contribution in [0.3, 0.4) is 0 Å². The highest BCUT2D eigenvalue weighted by Crippen LogP contribution is 2.33. The molecule has 0 radical (unpaired) electrons. The van der Waals surface area contributed by atoms with Gasteiger partial charge in [0.1, 0.15) is 36.6 Å². The van der Waals surface area contributed by atoms with Crippen LogP contribution in [-0.4, -0.2) is 121 Å². The largest absolute Gasteiger partial charge is 0.456 e. The second-order valence-corrected chi connectivity index (χ2v) is 11.7. The van der Waals surface area contributed by atoms with E-state index in [9.17, 15) is 25.5 Å². The summed E-state index contributed by atoms with van der Waals surface area (Å²) in [6.45, 7) is 0.155. The summed E-state index contributed by atoms with van der Waals surface area (Å²) >= 11 is 6.61. The second kappa shape index (κ2) is 13.6. The predicted molar refractivity (Wildman–Crippen MR) is 162 cm³/mol. The number of pyridine rings is 1. The van der Waals surface area contributed by atoms with E-state index in [0.29, 0.717) is 28.4 Å². The van der Waals surface area contributed by atoms with Crippen LogP contribution in [0.2, 0.25) is 5.02 Å². The van der Waals surface area contributed by atoms with Gasteiger partial charge >= 0.3 is 0 Å². The molecule has 2 aromatic heterocycles. The average molecular weight is 643 g/mol. The van der Waals surface area contributed by atoms with Gasteiger partial charge in [-0.15, -0.1) is 0 Å². The van der Waals surface area contributed by atoms with Crippen molar-refractivity contribution >= 4 is 22.8 Å². The van der Waals surface area contributed by atoms with Gasteiger partial charge in [0.05, 0.1) is 42.2 Å². The summed E-state index contributed by atoms with van der Waals surface area (Å²) in [5.74, 6) is 0. The van der Waals surface area contributed by atoms with Crippen LogP contribution in [0.25, 0.3) is 33.5 Å². The minimum absolute atomic E-state index is 0.0229. The van der Waals surface area contributed by atoms with E-state index in [4.69, 9.17) is 30.9 Å². The average Bonchev–Trinajstić information content (AvgIpc) is 3.76. The highest BCUT2D eigenvalue weighted by Gasteiger charge is 2.48. The Morgan fingerprint density at radius 2 is 1.53 bits per heavy atom. The van der Waals surface area contributed by atoms with E-state index in [-0.39, 0.29) is 31.9 Å². The molecule has 13 nitrogen and oxygen atoms in total. The van der Waals surface area contributed by atoms with Crippen molar-refractivity contribution in [3.8, 4) is 28.4 Å². The third-order valence-corrected chi connectivity index (χ3v) is 8.39. The van der Waals surface area contributed by atoms with Gasteiger partial charge in [0.25, 0.3) is 6.01 Å². The second-order valence-electron chi connectivity index (χ2n) is 11.3. The molecule has 14 heteroatoms. The number of aromatic amines is 1. The van der Waals surface area contributed by atoms with E-state index >= 15 is 0 Å².